The molecule has 6 nitrogen and oxygen atoms in total. The van der Waals surface area contributed by atoms with Gasteiger partial charge in [0.2, 0.25) is 11.9 Å². The molecule has 1 amide bonds. The van der Waals surface area contributed by atoms with Gasteiger partial charge in [0.25, 0.3) is 0 Å². The summed E-state index contributed by atoms with van der Waals surface area (Å²) in [5.41, 5.74) is 2.19. The molecule has 168 valence electrons. The molecular weight excluding hydrogens is 408 g/mol. The third kappa shape index (κ3) is 5.26. The highest BCUT2D eigenvalue weighted by molar-refractivity contribution is 7.09. The molecule has 4 atom stereocenters. The van der Waals surface area contributed by atoms with E-state index in [0.717, 1.165) is 49.6 Å². The van der Waals surface area contributed by atoms with Crippen LogP contribution >= 0.6 is 11.3 Å². The normalized spacial score (nSPS) is 26.2. The Balaban J connectivity index is 1.52. The molecule has 0 saturated carbocycles. The molecule has 1 saturated heterocycles. The van der Waals surface area contributed by atoms with E-state index in [4.69, 9.17) is 14.7 Å². The third-order valence-corrected chi connectivity index (χ3v) is 7.12. The van der Waals surface area contributed by atoms with Gasteiger partial charge >= 0.3 is 0 Å². The van der Waals surface area contributed by atoms with Crippen molar-refractivity contribution in [3.05, 3.63) is 39.8 Å². The van der Waals surface area contributed by atoms with Crippen LogP contribution < -0.4 is 10.2 Å². The van der Waals surface area contributed by atoms with E-state index >= 15 is 0 Å². The summed E-state index contributed by atoms with van der Waals surface area (Å²) >= 11 is 1.70. The molecule has 3 heterocycles. The number of amides is 1. The zero-order valence-corrected chi connectivity index (χ0v) is 20.0. The van der Waals surface area contributed by atoms with Gasteiger partial charge in [0, 0.05) is 35.6 Å². The van der Waals surface area contributed by atoms with Crippen LogP contribution in [0.5, 0.6) is 0 Å². The SMILES string of the molecule is C[C@@H]1CN(c2ncc3c(n2)CC(C)(C)C[C@@H]3NC(=O)[C@@H](C)Cc2cccs2)C[C@H](C)O1. The van der Waals surface area contributed by atoms with E-state index in [1.165, 1.54) is 4.88 Å². The summed E-state index contributed by atoms with van der Waals surface area (Å²) in [6.45, 7) is 12.3. The lowest BCUT2D eigenvalue weighted by molar-refractivity contribution is -0.125. The zero-order valence-electron chi connectivity index (χ0n) is 19.2. The minimum atomic E-state index is -0.0661. The second kappa shape index (κ2) is 8.87. The molecule has 1 fully saturated rings. The minimum absolute atomic E-state index is 0.0476. The highest BCUT2D eigenvalue weighted by Crippen LogP contribution is 2.40. The van der Waals surface area contributed by atoms with Gasteiger partial charge in [0.05, 0.1) is 23.9 Å². The molecule has 1 aliphatic carbocycles. The number of nitrogens with zero attached hydrogens (tertiary/aromatic N) is 3. The van der Waals surface area contributed by atoms with Crippen molar-refractivity contribution >= 4 is 23.2 Å². The molecule has 2 aliphatic rings. The molecule has 2 aromatic heterocycles. The van der Waals surface area contributed by atoms with Gasteiger partial charge in [0.1, 0.15) is 0 Å². The number of fused-ring (bicyclic) bond motifs is 1. The molecule has 0 radical (unpaired) electrons. The lowest BCUT2D eigenvalue weighted by Crippen LogP contribution is -2.46. The number of ether oxygens (including phenoxy) is 1. The minimum Gasteiger partial charge on any atom is -0.372 e. The predicted molar refractivity (Wildman–Crippen MR) is 124 cm³/mol. The van der Waals surface area contributed by atoms with Crippen molar-refractivity contribution in [2.45, 2.75) is 72.1 Å². The summed E-state index contributed by atoms with van der Waals surface area (Å²) in [5.74, 6) is 0.806. The van der Waals surface area contributed by atoms with Crippen LogP contribution in [0, 0.1) is 11.3 Å². The van der Waals surface area contributed by atoms with Crippen LogP contribution in [0.2, 0.25) is 0 Å². The number of carbonyl (C=O) groups excluding carboxylic acids is 1. The van der Waals surface area contributed by atoms with E-state index in [0.29, 0.717) is 0 Å². The Hall–Kier alpha value is -1.99. The molecule has 1 aliphatic heterocycles. The standard InChI is InChI=1S/C24H34N4O2S/c1-15(9-18-7-6-8-31-18)22(29)26-20-10-24(4,5)11-21-19(20)12-25-23(27-21)28-13-16(2)30-17(3)14-28/h6-8,12,15-17,20H,9-11,13-14H2,1-5H3,(H,26,29)/t15-,16-,17+,20-/m0/s1. The highest BCUT2D eigenvalue weighted by Gasteiger charge is 2.36. The maximum Gasteiger partial charge on any atom is 0.225 e. The van der Waals surface area contributed by atoms with E-state index in [9.17, 15) is 4.79 Å². The molecule has 7 heteroatoms. The van der Waals surface area contributed by atoms with Crippen LogP contribution in [-0.2, 0) is 22.4 Å². The summed E-state index contributed by atoms with van der Waals surface area (Å²) in [6.07, 6.45) is 4.83. The van der Waals surface area contributed by atoms with E-state index in [2.05, 4.69) is 49.4 Å². The Morgan fingerprint density at radius 3 is 2.77 bits per heavy atom. The average molecular weight is 443 g/mol. The van der Waals surface area contributed by atoms with Crippen LogP contribution in [-0.4, -0.2) is 41.2 Å². The number of rotatable bonds is 5. The largest absolute Gasteiger partial charge is 0.372 e. The lowest BCUT2D eigenvalue weighted by Gasteiger charge is -2.38. The van der Waals surface area contributed by atoms with E-state index in [1.807, 2.05) is 19.2 Å². The maximum absolute atomic E-state index is 13.0. The summed E-state index contributed by atoms with van der Waals surface area (Å²) in [6, 6.07) is 4.08. The number of hydrogen-bond acceptors (Lipinski definition) is 6. The Morgan fingerprint density at radius 2 is 2.10 bits per heavy atom. The Morgan fingerprint density at radius 1 is 1.35 bits per heavy atom. The fourth-order valence-corrected chi connectivity index (χ4v) is 5.63. The molecule has 0 bridgehead atoms. The molecule has 1 N–H and O–H groups in total. The number of nitrogens with one attached hydrogen (secondary N) is 1. The van der Waals surface area contributed by atoms with Crippen molar-refractivity contribution in [1.29, 1.82) is 0 Å². The average Bonchev–Trinajstić information content (AvgIpc) is 3.18. The quantitative estimate of drug-likeness (QED) is 0.753. The highest BCUT2D eigenvalue weighted by atomic mass is 32.1. The van der Waals surface area contributed by atoms with Crippen LogP contribution in [0.25, 0.3) is 0 Å². The summed E-state index contributed by atoms with van der Waals surface area (Å²) in [5, 5.41) is 5.37. The Bertz CT molecular complexity index is 904. The second-order valence-electron chi connectivity index (χ2n) is 10.0. The number of morpholine rings is 1. The van der Waals surface area contributed by atoms with Gasteiger partial charge in [0.15, 0.2) is 0 Å². The van der Waals surface area contributed by atoms with Gasteiger partial charge in [-0.05, 0) is 50.0 Å². The molecule has 0 unspecified atom stereocenters. The topological polar surface area (TPSA) is 67.4 Å². The summed E-state index contributed by atoms with van der Waals surface area (Å²) < 4.78 is 5.86. The van der Waals surface area contributed by atoms with Crippen molar-refractivity contribution in [2.24, 2.45) is 11.3 Å². The molecule has 0 aromatic carbocycles. The number of carbonyl (C=O) groups is 1. The third-order valence-electron chi connectivity index (χ3n) is 6.22. The first kappa shape index (κ1) is 22.2. The monoisotopic (exact) mass is 442 g/mol. The molecule has 2 aromatic rings. The number of thiophene rings is 1. The van der Waals surface area contributed by atoms with Crippen LogP contribution in [0.15, 0.2) is 23.7 Å². The molecule has 31 heavy (non-hydrogen) atoms. The van der Waals surface area contributed by atoms with Crippen molar-refractivity contribution in [3.8, 4) is 0 Å². The first-order valence-electron chi connectivity index (χ1n) is 11.3. The second-order valence-corrected chi connectivity index (χ2v) is 11.1. The number of aromatic nitrogens is 2. The zero-order chi connectivity index (χ0) is 22.2. The fourth-order valence-electron chi connectivity index (χ4n) is 4.80. The number of hydrogen-bond donors (Lipinski definition) is 1. The Labute approximate surface area is 189 Å². The summed E-state index contributed by atoms with van der Waals surface area (Å²) in [7, 11) is 0. The Kier molecular flexibility index (Phi) is 6.35. The van der Waals surface area contributed by atoms with Gasteiger partial charge in [-0.1, -0.05) is 26.8 Å². The lowest BCUT2D eigenvalue weighted by atomic mass is 9.74. The molecular formula is C24H34N4O2S. The molecule has 4 rings (SSSR count). The first-order valence-corrected chi connectivity index (χ1v) is 12.2. The van der Waals surface area contributed by atoms with Crippen LogP contribution in [0.4, 0.5) is 5.95 Å². The molecule has 0 spiro atoms. The van der Waals surface area contributed by atoms with Crippen LogP contribution in [0.1, 0.15) is 63.2 Å². The van der Waals surface area contributed by atoms with Crippen molar-refractivity contribution in [1.82, 2.24) is 15.3 Å². The number of anilines is 1. The van der Waals surface area contributed by atoms with E-state index in [1.54, 1.807) is 11.3 Å². The smallest absolute Gasteiger partial charge is 0.225 e. The maximum atomic E-state index is 13.0. The van der Waals surface area contributed by atoms with Gasteiger partial charge < -0.3 is 15.0 Å². The predicted octanol–water partition coefficient (Wildman–Crippen LogP) is 4.16. The van der Waals surface area contributed by atoms with Gasteiger partial charge in [-0.2, -0.15) is 0 Å². The van der Waals surface area contributed by atoms with Gasteiger partial charge in [-0.15, -0.1) is 11.3 Å². The van der Waals surface area contributed by atoms with E-state index in [-0.39, 0.29) is 35.5 Å². The van der Waals surface area contributed by atoms with Crippen LogP contribution in [0.3, 0.4) is 0 Å². The summed E-state index contributed by atoms with van der Waals surface area (Å²) in [4.78, 5) is 26.1. The van der Waals surface area contributed by atoms with E-state index < -0.39 is 0 Å². The van der Waals surface area contributed by atoms with Crippen molar-refractivity contribution in [2.75, 3.05) is 18.0 Å². The first-order chi connectivity index (χ1) is 14.7. The van der Waals surface area contributed by atoms with Crippen molar-refractivity contribution in [3.63, 3.8) is 0 Å². The fraction of sp³-hybridized carbons (Fsp3) is 0.625. The van der Waals surface area contributed by atoms with Gasteiger partial charge in [-0.25, -0.2) is 9.97 Å². The van der Waals surface area contributed by atoms with Crippen molar-refractivity contribution < 1.29 is 9.53 Å². The van der Waals surface area contributed by atoms with Gasteiger partial charge in [-0.3, -0.25) is 4.79 Å².